The lowest BCUT2D eigenvalue weighted by Crippen LogP contribution is -2.48. The minimum absolute atomic E-state index is 0.0762. The largest absolute Gasteiger partial charge is 0.352 e. The van der Waals surface area contributed by atoms with Crippen molar-refractivity contribution in [3.8, 4) is 11.5 Å². The maximum absolute atomic E-state index is 12.4. The van der Waals surface area contributed by atoms with Gasteiger partial charge in [-0.25, -0.2) is 19.5 Å². The summed E-state index contributed by atoms with van der Waals surface area (Å²) >= 11 is 0. The molecule has 38 heavy (non-hydrogen) atoms. The monoisotopic (exact) mass is 506 g/mol. The smallest absolute Gasteiger partial charge is 0.251 e. The van der Waals surface area contributed by atoms with Crippen molar-refractivity contribution in [3.63, 3.8) is 0 Å². The zero-order valence-corrected chi connectivity index (χ0v) is 20.7. The van der Waals surface area contributed by atoms with Crippen LogP contribution in [0, 0.1) is 12.8 Å². The zero-order chi connectivity index (χ0) is 25.9. The van der Waals surface area contributed by atoms with Gasteiger partial charge in [-0.05, 0) is 61.5 Å². The summed E-state index contributed by atoms with van der Waals surface area (Å²) in [7, 11) is 0. The number of fused-ring (bicyclic) bond motifs is 1. The second kappa shape index (κ2) is 10.2. The molecule has 0 bridgehead atoms. The van der Waals surface area contributed by atoms with E-state index >= 15 is 0 Å². The Hall–Kier alpha value is -4.90. The Bertz CT molecular complexity index is 1590. The van der Waals surface area contributed by atoms with Crippen LogP contribution < -0.4 is 21.3 Å². The van der Waals surface area contributed by atoms with Gasteiger partial charge in [0.1, 0.15) is 17.0 Å². The average molecular weight is 507 g/mol. The van der Waals surface area contributed by atoms with Crippen molar-refractivity contribution in [2.75, 3.05) is 30.3 Å². The molecule has 0 spiro atoms. The first kappa shape index (κ1) is 23.5. The lowest BCUT2D eigenvalue weighted by molar-refractivity contribution is 0.0942. The SMILES string of the molecule is Cc1cccc(-c2nc(Nc3ccnc(Nc4ccc(C(=O)NCC5CNC5)cc4)n3)c3cccn3n2)n1. The Morgan fingerprint density at radius 3 is 2.66 bits per heavy atom. The van der Waals surface area contributed by atoms with E-state index in [2.05, 4.69) is 41.3 Å². The normalized spacial score (nSPS) is 13.2. The second-order valence-corrected chi connectivity index (χ2v) is 9.11. The molecule has 1 fully saturated rings. The number of benzene rings is 1. The van der Waals surface area contributed by atoms with Gasteiger partial charge in [0.2, 0.25) is 11.8 Å². The third kappa shape index (κ3) is 5.13. The number of carbonyl (C=O) groups is 1. The van der Waals surface area contributed by atoms with Gasteiger partial charge in [-0.2, -0.15) is 4.98 Å². The Morgan fingerprint density at radius 2 is 1.87 bits per heavy atom. The fourth-order valence-electron chi connectivity index (χ4n) is 4.08. The molecule has 0 aliphatic carbocycles. The molecule has 0 atom stereocenters. The fourth-order valence-corrected chi connectivity index (χ4v) is 4.08. The molecule has 1 saturated heterocycles. The van der Waals surface area contributed by atoms with E-state index in [1.165, 1.54) is 0 Å². The summed E-state index contributed by atoms with van der Waals surface area (Å²) in [6.07, 6.45) is 3.53. The number of carbonyl (C=O) groups excluding carboxylic acids is 1. The molecular formula is C27H26N10O. The van der Waals surface area contributed by atoms with Gasteiger partial charge >= 0.3 is 0 Å². The highest BCUT2D eigenvalue weighted by Gasteiger charge is 2.17. The number of aryl methyl sites for hydroxylation is 1. The minimum atomic E-state index is -0.0762. The highest BCUT2D eigenvalue weighted by Crippen LogP contribution is 2.23. The van der Waals surface area contributed by atoms with Gasteiger partial charge in [0.15, 0.2) is 5.82 Å². The van der Waals surface area contributed by atoms with E-state index in [1.54, 1.807) is 28.9 Å². The maximum atomic E-state index is 12.4. The molecule has 6 rings (SSSR count). The molecule has 4 aromatic heterocycles. The quantitative estimate of drug-likeness (QED) is 0.250. The number of rotatable bonds is 8. The van der Waals surface area contributed by atoms with E-state index in [9.17, 15) is 4.79 Å². The van der Waals surface area contributed by atoms with E-state index in [-0.39, 0.29) is 5.91 Å². The second-order valence-electron chi connectivity index (χ2n) is 9.11. The highest BCUT2D eigenvalue weighted by molar-refractivity contribution is 5.94. The molecule has 5 heterocycles. The van der Waals surface area contributed by atoms with E-state index in [0.717, 1.165) is 30.0 Å². The number of amides is 1. The van der Waals surface area contributed by atoms with Crippen LogP contribution in [-0.2, 0) is 0 Å². The molecule has 1 amide bonds. The lowest BCUT2D eigenvalue weighted by atomic mass is 10.0. The number of hydrogen-bond donors (Lipinski definition) is 4. The van der Waals surface area contributed by atoms with Gasteiger partial charge in [-0.15, -0.1) is 5.10 Å². The predicted molar refractivity (Wildman–Crippen MR) is 145 cm³/mol. The van der Waals surface area contributed by atoms with Crippen molar-refractivity contribution in [1.29, 1.82) is 0 Å². The van der Waals surface area contributed by atoms with Crippen LogP contribution in [0.4, 0.5) is 23.3 Å². The van der Waals surface area contributed by atoms with E-state index in [1.807, 2.05) is 55.6 Å². The molecule has 1 aromatic carbocycles. The van der Waals surface area contributed by atoms with Crippen LogP contribution in [0.15, 0.2) is 73.1 Å². The van der Waals surface area contributed by atoms with Gasteiger partial charge < -0.3 is 21.3 Å². The standard InChI is InChI=1S/C27H26N10O/c1-17-4-2-5-21(31-17)24-35-25(22-6-3-13-37(22)36-24)33-23-11-12-29-27(34-23)32-20-9-7-19(8-10-20)26(38)30-16-18-14-28-15-18/h2-13,18,28H,14-16H2,1H3,(H,30,38)(H2,29,32,33,34,35,36). The topological polar surface area (TPSA) is 134 Å². The average Bonchev–Trinajstić information content (AvgIpc) is 3.38. The minimum Gasteiger partial charge on any atom is -0.352 e. The number of nitrogens with zero attached hydrogens (tertiary/aromatic N) is 6. The Balaban J connectivity index is 1.18. The molecule has 11 heteroatoms. The van der Waals surface area contributed by atoms with Gasteiger partial charge in [-0.3, -0.25) is 4.79 Å². The predicted octanol–water partition coefficient (Wildman–Crippen LogP) is 3.33. The third-order valence-corrected chi connectivity index (χ3v) is 6.23. The molecule has 190 valence electrons. The van der Waals surface area contributed by atoms with Gasteiger partial charge in [0.25, 0.3) is 5.91 Å². The maximum Gasteiger partial charge on any atom is 0.251 e. The number of hydrogen-bond acceptors (Lipinski definition) is 9. The number of aromatic nitrogens is 6. The summed E-state index contributed by atoms with van der Waals surface area (Å²) in [6.45, 7) is 4.53. The molecule has 11 nitrogen and oxygen atoms in total. The van der Waals surface area contributed by atoms with Crippen LogP contribution in [0.25, 0.3) is 17.0 Å². The summed E-state index contributed by atoms with van der Waals surface area (Å²) in [6, 6.07) is 18.6. The van der Waals surface area contributed by atoms with Gasteiger partial charge in [-0.1, -0.05) is 6.07 Å². The molecular weight excluding hydrogens is 480 g/mol. The summed E-state index contributed by atoms with van der Waals surface area (Å²) in [5.41, 5.74) is 3.76. The Morgan fingerprint density at radius 1 is 1.00 bits per heavy atom. The van der Waals surface area contributed by atoms with Crippen LogP contribution in [0.1, 0.15) is 16.1 Å². The van der Waals surface area contributed by atoms with Gasteiger partial charge in [0.05, 0.1) is 0 Å². The van der Waals surface area contributed by atoms with E-state index in [4.69, 9.17) is 4.98 Å². The van der Waals surface area contributed by atoms with Crippen molar-refractivity contribution in [2.45, 2.75) is 6.92 Å². The first-order valence-electron chi connectivity index (χ1n) is 12.4. The fraction of sp³-hybridized carbons (Fsp3) is 0.185. The van der Waals surface area contributed by atoms with Crippen molar-refractivity contribution < 1.29 is 4.79 Å². The Labute approximate surface area is 218 Å². The number of pyridine rings is 1. The van der Waals surface area contributed by atoms with E-state index in [0.29, 0.717) is 47.1 Å². The molecule has 4 N–H and O–H groups in total. The summed E-state index contributed by atoms with van der Waals surface area (Å²) in [5, 5.41) is 17.3. The van der Waals surface area contributed by atoms with Crippen LogP contribution in [-0.4, -0.2) is 55.1 Å². The van der Waals surface area contributed by atoms with Crippen LogP contribution in [0.5, 0.6) is 0 Å². The number of anilines is 4. The highest BCUT2D eigenvalue weighted by atomic mass is 16.1. The van der Waals surface area contributed by atoms with Gasteiger partial charge in [0, 0.05) is 54.9 Å². The zero-order valence-electron chi connectivity index (χ0n) is 20.7. The molecule has 0 saturated carbocycles. The summed E-state index contributed by atoms with van der Waals surface area (Å²) < 4.78 is 1.76. The van der Waals surface area contributed by atoms with Crippen molar-refractivity contribution in [2.24, 2.45) is 5.92 Å². The van der Waals surface area contributed by atoms with Crippen LogP contribution >= 0.6 is 0 Å². The van der Waals surface area contributed by atoms with Crippen molar-refractivity contribution >= 4 is 34.7 Å². The molecule has 0 radical (unpaired) electrons. The Kier molecular flexibility index (Phi) is 6.32. The first-order valence-corrected chi connectivity index (χ1v) is 12.4. The molecule has 1 aliphatic rings. The van der Waals surface area contributed by atoms with E-state index < -0.39 is 0 Å². The number of nitrogens with one attached hydrogen (secondary N) is 4. The van der Waals surface area contributed by atoms with Crippen LogP contribution in [0.2, 0.25) is 0 Å². The molecule has 0 unspecified atom stereocenters. The van der Waals surface area contributed by atoms with Crippen molar-refractivity contribution in [3.05, 3.63) is 84.3 Å². The third-order valence-electron chi connectivity index (χ3n) is 6.23. The lowest BCUT2D eigenvalue weighted by Gasteiger charge is -2.27. The van der Waals surface area contributed by atoms with Crippen molar-refractivity contribution in [1.82, 2.24) is 40.2 Å². The first-order chi connectivity index (χ1) is 18.6. The van der Waals surface area contributed by atoms with Crippen LogP contribution in [0.3, 0.4) is 0 Å². The summed E-state index contributed by atoms with van der Waals surface area (Å²) in [5.74, 6) is 2.51. The molecule has 5 aromatic rings. The summed E-state index contributed by atoms with van der Waals surface area (Å²) in [4.78, 5) is 30.6. The molecule has 1 aliphatic heterocycles.